The first kappa shape index (κ1) is 8.50. The third-order valence-corrected chi connectivity index (χ3v) is 1.77. The Kier molecular flexibility index (Phi) is 2.85. The minimum Gasteiger partial charge on any atom is -0.316 e. The van der Waals surface area contributed by atoms with E-state index in [0.717, 1.165) is 0 Å². The SMILES string of the molecule is CNCc1c(F)cccc1Cl. The van der Waals surface area contributed by atoms with Gasteiger partial charge in [0.15, 0.2) is 0 Å². The normalized spacial score (nSPS) is 10.1. The lowest BCUT2D eigenvalue weighted by molar-refractivity contribution is 0.601. The average Bonchev–Trinajstić information content (AvgIpc) is 1.97. The van der Waals surface area contributed by atoms with Crippen LogP contribution < -0.4 is 5.32 Å². The fraction of sp³-hybridized carbons (Fsp3) is 0.250. The summed E-state index contributed by atoms with van der Waals surface area (Å²) in [5.41, 5.74) is 0.525. The second-order valence-corrected chi connectivity index (χ2v) is 2.64. The molecule has 1 aromatic rings. The third-order valence-electron chi connectivity index (χ3n) is 1.42. The van der Waals surface area contributed by atoms with Crippen molar-refractivity contribution in [2.45, 2.75) is 6.54 Å². The topological polar surface area (TPSA) is 12.0 Å². The molecule has 0 amide bonds. The lowest BCUT2D eigenvalue weighted by Gasteiger charge is -2.03. The van der Waals surface area contributed by atoms with Gasteiger partial charge in [-0.2, -0.15) is 0 Å². The van der Waals surface area contributed by atoms with Gasteiger partial charge in [-0.15, -0.1) is 0 Å². The Hall–Kier alpha value is -0.600. The van der Waals surface area contributed by atoms with E-state index >= 15 is 0 Å². The quantitative estimate of drug-likeness (QED) is 0.723. The standard InChI is InChI=1S/C8H9ClFN/c1-11-5-6-7(9)3-2-4-8(6)10/h2-4,11H,5H2,1H3. The summed E-state index contributed by atoms with van der Waals surface area (Å²) >= 11 is 5.73. The maximum atomic E-state index is 12.9. The van der Waals surface area contributed by atoms with Gasteiger partial charge in [0.1, 0.15) is 5.82 Å². The highest BCUT2D eigenvalue weighted by molar-refractivity contribution is 6.31. The van der Waals surface area contributed by atoms with Crippen LogP contribution in [0.1, 0.15) is 5.56 Å². The Morgan fingerprint density at radius 2 is 2.27 bits per heavy atom. The molecule has 0 bridgehead atoms. The number of benzene rings is 1. The van der Waals surface area contributed by atoms with E-state index in [1.807, 2.05) is 0 Å². The van der Waals surface area contributed by atoms with Gasteiger partial charge in [-0.1, -0.05) is 17.7 Å². The van der Waals surface area contributed by atoms with E-state index in [2.05, 4.69) is 5.32 Å². The molecule has 0 unspecified atom stereocenters. The molecular weight excluding hydrogens is 165 g/mol. The highest BCUT2D eigenvalue weighted by atomic mass is 35.5. The largest absolute Gasteiger partial charge is 0.316 e. The number of nitrogens with one attached hydrogen (secondary N) is 1. The van der Waals surface area contributed by atoms with Crippen LogP contribution in [0.15, 0.2) is 18.2 Å². The van der Waals surface area contributed by atoms with Crippen molar-refractivity contribution < 1.29 is 4.39 Å². The van der Waals surface area contributed by atoms with Gasteiger partial charge >= 0.3 is 0 Å². The molecule has 1 aromatic carbocycles. The van der Waals surface area contributed by atoms with Gasteiger partial charge in [-0.05, 0) is 19.2 Å². The van der Waals surface area contributed by atoms with Crippen molar-refractivity contribution in [1.82, 2.24) is 5.32 Å². The average molecular weight is 174 g/mol. The lowest BCUT2D eigenvalue weighted by Crippen LogP contribution is -2.07. The smallest absolute Gasteiger partial charge is 0.129 e. The Labute approximate surface area is 70.2 Å². The van der Waals surface area contributed by atoms with Crippen LogP contribution in [0.4, 0.5) is 4.39 Å². The Morgan fingerprint density at radius 1 is 1.55 bits per heavy atom. The molecular formula is C8H9ClFN. The summed E-state index contributed by atoms with van der Waals surface area (Å²) in [5, 5.41) is 3.31. The molecule has 0 saturated carbocycles. The van der Waals surface area contributed by atoms with E-state index in [1.165, 1.54) is 6.07 Å². The monoisotopic (exact) mass is 173 g/mol. The van der Waals surface area contributed by atoms with Crippen molar-refractivity contribution in [3.63, 3.8) is 0 Å². The molecule has 1 N–H and O–H groups in total. The van der Waals surface area contributed by atoms with Gasteiger partial charge in [0.2, 0.25) is 0 Å². The molecule has 60 valence electrons. The predicted molar refractivity (Wildman–Crippen MR) is 44.2 cm³/mol. The molecule has 3 heteroatoms. The van der Waals surface area contributed by atoms with E-state index in [9.17, 15) is 4.39 Å². The van der Waals surface area contributed by atoms with Gasteiger partial charge < -0.3 is 5.32 Å². The zero-order chi connectivity index (χ0) is 8.27. The summed E-state index contributed by atoms with van der Waals surface area (Å²) in [6, 6.07) is 4.67. The van der Waals surface area contributed by atoms with Crippen molar-refractivity contribution in [2.75, 3.05) is 7.05 Å². The minimum atomic E-state index is -0.258. The number of hydrogen-bond donors (Lipinski definition) is 1. The fourth-order valence-corrected chi connectivity index (χ4v) is 1.11. The molecule has 0 aliphatic rings. The summed E-state index contributed by atoms with van der Waals surface area (Å²) in [5.74, 6) is -0.258. The Morgan fingerprint density at radius 3 is 2.82 bits per heavy atom. The number of hydrogen-bond acceptors (Lipinski definition) is 1. The molecule has 0 radical (unpaired) electrons. The number of rotatable bonds is 2. The van der Waals surface area contributed by atoms with Gasteiger partial charge in [-0.25, -0.2) is 4.39 Å². The molecule has 0 atom stereocenters. The van der Waals surface area contributed by atoms with Crippen LogP contribution in [-0.2, 0) is 6.54 Å². The summed E-state index contributed by atoms with van der Waals surface area (Å²) in [4.78, 5) is 0. The highest BCUT2D eigenvalue weighted by Gasteiger charge is 2.03. The molecule has 0 fully saturated rings. The van der Waals surface area contributed by atoms with Crippen LogP contribution in [0, 0.1) is 5.82 Å². The second-order valence-electron chi connectivity index (χ2n) is 2.23. The van der Waals surface area contributed by atoms with Crippen molar-refractivity contribution in [1.29, 1.82) is 0 Å². The maximum absolute atomic E-state index is 12.9. The summed E-state index contributed by atoms with van der Waals surface area (Å²) in [7, 11) is 1.75. The van der Waals surface area contributed by atoms with Gasteiger partial charge in [0.05, 0.1) is 0 Å². The zero-order valence-electron chi connectivity index (χ0n) is 6.20. The first-order chi connectivity index (χ1) is 5.25. The molecule has 0 spiro atoms. The molecule has 11 heavy (non-hydrogen) atoms. The summed E-state index contributed by atoms with van der Waals surface area (Å²) < 4.78 is 12.9. The van der Waals surface area contributed by atoms with Crippen LogP contribution in [0.3, 0.4) is 0 Å². The first-order valence-corrected chi connectivity index (χ1v) is 3.71. The maximum Gasteiger partial charge on any atom is 0.129 e. The van der Waals surface area contributed by atoms with Gasteiger partial charge in [0.25, 0.3) is 0 Å². The summed E-state index contributed by atoms with van der Waals surface area (Å²) in [6.45, 7) is 0.464. The highest BCUT2D eigenvalue weighted by Crippen LogP contribution is 2.17. The summed E-state index contributed by atoms with van der Waals surface area (Å²) in [6.07, 6.45) is 0. The molecule has 0 aromatic heterocycles. The van der Waals surface area contributed by atoms with Crippen molar-refractivity contribution >= 4 is 11.6 Å². The van der Waals surface area contributed by atoms with E-state index < -0.39 is 0 Å². The Balaban J connectivity index is 3.00. The molecule has 0 aliphatic carbocycles. The van der Waals surface area contributed by atoms with E-state index in [0.29, 0.717) is 17.1 Å². The molecule has 0 heterocycles. The molecule has 1 nitrogen and oxygen atoms in total. The minimum absolute atomic E-state index is 0.258. The van der Waals surface area contributed by atoms with Gasteiger partial charge in [0, 0.05) is 17.1 Å². The molecule has 1 rings (SSSR count). The first-order valence-electron chi connectivity index (χ1n) is 3.33. The van der Waals surface area contributed by atoms with Crippen molar-refractivity contribution in [3.8, 4) is 0 Å². The van der Waals surface area contributed by atoms with Crippen LogP contribution >= 0.6 is 11.6 Å². The zero-order valence-corrected chi connectivity index (χ0v) is 6.95. The third kappa shape index (κ3) is 1.91. The molecule has 0 saturated heterocycles. The van der Waals surface area contributed by atoms with Crippen molar-refractivity contribution in [2.24, 2.45) is 0 Å². The van der Waals surface area contributed by atoms with Crippen LogP contribution in [0.2, 0.25) is 5.02 Å². The molecule has 0 aliphatic heterocycles. The van der Waals surface area contributed by atoms with E-state index in [1.54, 1.807) is 19.2 Å². The fourth-order valence-electron chi connectivity index (χ4n) is 0.878. The predicted octanol–water partition coefficient (Wildman–Crippen LogP) is 2.20. The Bertz CT molecular complexity index is 230. The number of halogens is 2. The van der Waals surface area contributed by atoms with Gasteiger partial charge in [-0.3, -0.25) is 0 Å². The van der Waals surface area contributed by atoms with E-state index in [-0.39, 0.29) is 5.82 Å². The van der Waals surface area contributed by atoms with Crippen LogP contribution in [0.25, 0.3) is 0 Å². The van der Waals surface area contributed by atoms with Crippen molar-refractivity contribution in [3.05, 3.63) is 34.6 Å². The lowest BCUT2D eigenvalue weighted by atomic mass is 10.2. The van der Waals surface area contributed by atoms with E-state index in [4.69, 9.17) is 11.6 Å². The van der Waals surface area contributed by atoms with Crippen LogP contribution in [0.5, 0.6) is 0 Å². The second kappa shape index (κ2) is 3.69. The van der Waals surface area contributed by atoms with Crippen LogP contribution in [-0.4, -0.2) is 7.05 Å².